The molecule has 1 heterocycles. The maximum absolute atomic E-state index is 12.6. The lowest BCUT2D eigenvalue weighted by atomic mass is 9.93. The first-order valence-corrected chi connectivity index (χ1v) is 9.03. The Kier molecular flexibility index (Phi) is 6.28. The summed E-state index contributed by atoms with van der Waals surface area (Å²) >= 11 is 1.58. The predicted octanol–water partition coefficient (Wildman–Crippen LogP) is 4.32. The lowest BCUT2D eigenvalue weighted by molar-refractivity contribution is -0.137. The summed E-state index contributed by atoms with van der Waals surface area (Å²) in [6.45, 7) is 7.26. The highest BCUT2D eigenvalue weighted by Crippen LogP contribution is 2.29. The molecule has 2 rings (SSSR count). The van der Waals surface area contributed by atoms with E-state index in [1.807, 2.05) is 0 Å². The highest BCUT2D eigenvalue weighted by Gasteiger charge is 2.29. The number of rotatable bonds is 4. The van der Waals surface area contributed by atoms with E-state index >= 15 is 0 Å². The van der Waals surface area contributed by atoms with Crippen LogP contribution in [-0.2, 0) is 24.7 Å². The van der Waals surface area contributed by atoms with E-state index in [-0.39, 0.29) is 5.41 Å². The van der Waals surface area contributed by atoms with Gasteiger partial charge in [0.1, 0.15) is 5.01 Å². The number of aliphatic imine (C=N–C) groups is 1. The Bertz CT molecular complexity index is 743. The van der Waals surface area contributed by atoms with Crippen LogP contribution in [0.2, 0.25) is 0 Å². The molecule has 0 fully saturated rings. The average Bonchev–Trinajstić information content (AvgIpc) is 3.04. The van der Waals surface area contributed by atoms with Gasteiger partial charge < -0.3 is 10.6 Å². The molecule has 0 amide bonds. The zero-order valence-electron chi connectivity index (χ0n) is 15.2. The van der Waals surface area contributed by atoms with E-state index in [1.165, 1.54) is 12.1 Å². The van der Waals surface area contributed by atoms with Crippen LogP contribution in [0.1, 0.15) is 42.6 Å². The van der Waals surface area contributed by atoms with E-state index in [1.54, 1.807) is 18.4 Å². The first-order valence-electron chi connectivity index (χ1n) is 8.15. The number of alkyl halides is 3. The van der Waals surface area contributed by atoms with E-state index < -0.39 is 11.7 Å². The van der Waals surface area contributed by atoms with Gasteiger partial charge >= 0.3 is 6.18 Å². The van der Waals surface area contributed by atoms with Gasteiger partial charge in [-0.15, -0.1) is 11.3 Å². The van der Waals surface area contributed by atoms with Crippen molar-refractivity contribution in [2.45, 2.75) is 45.5 Å². The molecule has 142 valence electrons. The van der Waals surface area contributed by atoms with Crippen molar-refractivity contribution in [3.63, 3.8) is 0 Å². The van der Waals surface area contributed by atoms with E-state index in [0.29, 0.717) is 19.0 Å². The normalized spacial score (nSPS) is 13.0. The van der Waals surface area contributed by atoms with Crippen LogP contribution in [0, 0.1) is 0 Å². The summed E-state index contributed by atoms with van der Waals surface area (Å²) in [4.78, 5) is 8.73. The van der Waals surface area contributed by atoms with Gasteiger partial charge in [-0.05, 0) is 17.7 Å². The number of hydrogen-bond acceptors (Lipinski definition) is 3. The van der Waals surface area contributed by atoms with Crippen LogP contribution in [0.4, 0.5) is 13.2 Å². The quantitative estimate of drug-likeness (QED) is 0.610. The zero-order valence-corrected chi connectivity index (χ0v) is 16.1. The fraction of sp³-hybridized carbons (Fsp3) is 0.444. The molecule has 0 atom stereocenters. The Balaban J connectivity index is 1.87. The molecule has 2 aromatic rings. The van der Waals surface area contributed by atoms with Crippen molar-refractivity contribution in [3.8, 4) is 0 Å². The molecular formula is C18H23F3N4S. The number of halogens is 3. The summed E-state index contributed by atoms with van der Waals surface area (Å²) < 4.78 is 37.7. The fourth-order valence-corrected chi connectivity index (χ4v) is 3.07. The van der Waals surface area contributed by atoms with Gasteiger partial charge in [-0.25, -0.2) is 4.98 Å². The minimum absolute atomic E-state index is 0.0112. The molecule has 0 saturated carbocycles. The van der Waals surface area contributed by atoms with Crippen LogP contribution in [0.5, 0.6) is 0 Å². The third kappa shape index (κ3) is 5.72. The monoisotopic (exact) mass is 384 g/mol. The minimum atomic E-state index is -4.32. The van der Waals surface area contributed by atoms with Crippen molar-refractivity contribution in [1.29, 1.82) is 0 Å². The number of nitrogens with zero attached hydrogens (tertiary/aromatic N) is 2. The lowest BCUT2D eigenvalue weighted by Gasteiger charge is -2.14. The largest absolute Gasteiger partial charge is 0.416 e. The summed E-state index contributed by atoms with van der Waals surface area (Å²) in [5, 5.41) is 9.25. The number of thiazole rings is 1. The molecular weight excluding hydrogens is 361 g/mol. The molecule has 0 spiro atoms. The maximum Gasteiger partial charge on any atom is 0.416 e. The van der Waals surface area contributed by atoms with Crippen molar-refractivity contribution in [1.82, 2.24) is 15.6 Å². The maximum atomic E-state index is 12.6. The van der Waals surface area contributed by atoms with Crippen LogP contribution in [0.3, 0.4) is 0 Å². The van der Waals surface area contributed by atoms with Gasteiger partial charge in [0.05, 0.1) is 17.8 Å². The van der Waals surface area contributed by atoms with E-state index in [2.05, 4.69) is 46.8 Å². The summed E-state index contributed by atoms with van der Waals surface area (Å²) in [5.41, 5.74) is 1.15. The molecule has 0 aliphatic rings. The molecule has 0 bridgehead atoms. The molecule has 4 nitrogen and oxygen atoms in total. The van der Waals surface area contributed by atoms with Crippen LogP contribution < -0.4 is 10.6 Å². The van der Waals surface area contributed by atoms with Gasteiger partial charge in [0.15, 0.2) is 5.96 Å². The van der Waals surface area contributed by atoms with Crippen LogP contribution in [0.25, 0.3) is 0 Å². The molecule has 26 heavy (non-hydrogen) atoms. The highest BCUT2D eigenvalue weighted by molar-refractivity contribution is 7.09. The Morgan fingerprint density at radius 3 is 2.19 bits per heavy atom. The summed E-state index contributed by atoms with van der Waals surface area (Å²) in [6.07, 6.45) is -4.32. The number of benzene rings is 1. The molecule has 0 aliphatic carbocycles. The highest BCUT2D eigenvalue weighted by atomic mass is 32.1. The predicted molar refractivity (Wildman–Crippen MR) is 99.3 cm³/mol. The summed E-state index contributed by atoms with van der Waals surface area (Å²) in [5.74, 6) is 0.567. The van der Waals surface area contributed by atoms with Crippen LogP contribution in [-0.4, -0.2) is 18.0 Å². The Morgan fingerprint density at radius 2 is 1.69 bits per heavy atom. The first kappa shape index (κ1) is 20.2. The van der Waals surface area contributed by atoms with Crippen molar-refractivity contribution < 1.29 is 13.2 Å². The molecule has 0 radical (unpaired) electrons. The second kappa shape index (κ2) is 8.07. The van der Waals surface area contributed by atoms with Crippen molar-refractivity contribution >= 4 is 17.3 Å². The van der Waals surface area contributed by atoms with Crippen molar-refractivity contribution in [2.24, 2.45) is 4.99 Å². The SMILES string of the molecule is CN=C(NCc1ccc(C(F)(F)F)cc1)NCc1nc(C(C)(C)C)cs1. The second-order valence-corrected chi connectivity index (χ2v) is 7.79. The number of aromatic nitrogens is 1. The Hall–Kier alpha value is -2.09. The van der Waals surface area contributed by atoms with Gasteiger partial charge in [-0.2, -0.15) is 13.2 Å². The standard InChI is InChI=1S/C18H23F3N4S/c1-17(2,3)14-11-26-15(25-14)10-24-16(22-4)23-9-12-5-7-13(8-6-12)18(19,20)21/h5-8,11H,9-10H2,1-4H3,(H2,22,23,24). The Morgan fingerprint density at radius 1 is 1.08 bits per heavy atom. The number of guanidine groups is 1. The van der Waals surface area contributed by atoms with Crippen molar-refractivity contribution in [3.05, 3.63) is 51.5 Å². The van der Waals surface area contributed by atoms with Gasteiger partial charge in [-0.3, -0.25) is 4.99 Å². The van der Waals surface area contributed by atoms with Gasteiger partial charge in [0, 0.05) is 24.4 Å². The van der Waals surface area contributed by atoms with Crippen molar-refractivity contribution in [2.75, 3.05) is 7.05 Å². The minimum Gasteiger partial charge on any atom is -0.352 e. The molecule has 0 aliphatic heterocycles. The smallest absolute Gasteiger partial charge is 0.352 e. The molecule has 1 aromatic carbocycles. The van der Waals surface area contributed by atoms with E-state index in [4.69, 9.17) is 0 Å². The first-order chi connectivity index (χ1) is 12.1. The zero-order chi connectivity index (χ0) is 19.4. The molecule has 0 saturated heterocycles. The topological polar surface area (TPSA) is 49.3 Å². The Labute approximate surface area is 155 Å². The number of nitrogens with one attached hydrogen (secondary N) is 2. The van der Waals surface area contributed by atoms with Gasteiger partial charge in [0.25, 0.3) is 0 Å². The summed E-state index contributed by atoms with van der Waals surface area (Å²) in [7, 11) is 1.64. The summed E-state index contributed by atoms with van der Waals surface area (Å²) in [6, 6.07) is 5.08. The van der Waals surface area contributed by atoms with Gasteiger partial charge in [-0.1, -0.05) is 32.9 Å². The molecule has 0 unspecified atom stereocenters. The van der Waals surface area contributed by atoms with Crippen LogP contribution in [0.15, 0.2) is 34.6 Å². The molecule has 8 heteroatoms. The molecule has 1 aromatic heterocycles. The fourth-order valence-electron chi connectivity index (χ4n) is 2.11. The van der Waals surface area contributed by atoms with Gasteiger partial charge in [0.2, 0.25) is 0 Å². The lowest BCUT2D eigenvalue weighted by Crippen LogP contribution is -2.36. The van der Waals surface area contributed by atoms with E-state index in [9.17, 15) is 13.2 Å². The molecule has 2 N–H and O–H groups in total. The number of hydrogen-bond donors (Lipinski definition) is 2. The average molecular weight is 384 g/mol. The second-order valence-electron chi connectivity index (χ2n) is 6.85. The van der Waals surface area contributed by atoms with E-state index in [0.717, 1.165) is 28.4 Å². The van der Waals surface area contributed by atoms with Crippen LogP contribution >= 0.6 is 11.3 Å². The third-order valence-corrected chi connectivity index (χ3v) is 4.54. The third-order valence-electron chi connectivity index (χ3n) is 3.69.